The number of rotatable bonds is 1. The predicted octanol–water partition coefficient (Wildman–Crippen LogP) is 1.51. The summed E-state index contributed by atoms with van der Waals surface area (Å²) in [4.78, 5) is 0. The number of hydrogen-bond donors (Lipinski definition) is 1. The van der Waals surface area contributed by atoms with Crippen LogP contribution in [0.25, 0.3) is 0 Å². The lowest BCUT2D eigenvalue weighted by atomic mass is 9.99. The van der Waals surface area contributed by atoms with E-state index < -0.39 is 0 Å². The molecule has 0 spiro atoms. The SMILES string of the molecule is N#CC1=C(N)N(c2ccccc2)N=C2COCC=C21. The van der Waals surface area contributed by atoms with Crippen LogP contribution in [0.3, 0.4) is 0 Å². The minimum absolute atomic E-state index is 0.352. The normalized spacial score (nSPS) is 18.4. The molecule has 2 aliphatic heterocycles. The van der Waals surface area contributed by atoms with Crippen molar-refractivity contribution >= 4 is 11.4 Å². The number of nitriles is 1. The molecule has 0 radical (unpaired) electrons. The van der Waals surface area contributed by atoms with Crippen molar-refractivity contribution in [3.8, 4) is 6.07 Å². The highest BCUT2D eigenvalue weighted by Crippen LogP contribution is 2.28. The second-order valence-electron chi connectivity index (χ2n) is 4.20. The molecule has 19 heavy (non-hydrogen) atoms. The molecule has 1 aromatic carbocycles. The molecule has 0 aliphatic carbocycles. The van der Waals surface area contributed by atoms with Gasteiger partial charge in [0.15, 0.2) is 0 Å². The topological polar surface area (TPSA) is 74.6 Å². The standard InChI is InChI=1S/C14H12N4O/c15-8-12-11-6-7-19-9-13(11)17-18(14(12)16)10-4-2-1-3-5-10/h1-6H,7,9,16H2. The Kier molecular flexibility index (Phi) is 2.78. The van der Waals surface area contributed by atoms with E-state index in [0.29, 0.717) is 24.6 Å². The zero-order valence-corrected chi connectivity index (χ0v) is 10.2. The summed E-state index contributed by atoms with van der Waals surface area (Å²) >= 11 is 0. The molecule has 0 amide bonds. The van der Waals surface area contributed by atoms with Crippen molar-refractivity contribution in [3.63, 3.8) is 0 Å². The number of hydrazone groups is 1. The molecule has 1 aromatic rings. The van der Waals surface area contributed by atoms with Crippen molar-refractivity contribution in [2.45, 2.75) is 0 Å². The highest BCUT2D eigenvalue weighted by molar-refractivity contribution is 6.08. The van der Waals surface area contributed by atoms with E-state index in [-0.39, 0.29) is 0 Å². The van der Waals surface area contributed by atoms with Crippen LogP contribution in [-0.4, -0.2) is 18.9 Å². The summed E-state index contributed by atoms with van der Waals surface area (Å²) in [6.07, 6.45) is 1.84. The minimum atomic E-state index is 0.352. The molecule has 0 aromatic heterocycles. The lowest BCUT2D eigenvalue weighted by molar-refractivity contribution is 0.199. The Balaban J connectivity index is 2.12. The lowest BCUT2D eigenvalue weighted by Gasteiger charge is -2.29. The van der Waals surface area contributed by atoms with Crippen LogP contribution in [0.2, 0.25) is 0 Å². The van der Waals surface area contributed by atoms with Crippen LogP contribution in [-0.2, 0) is 4.74 Å². The van der Waals surface area contributed by atoms with Crippen molar-refractivity contribution in [2.75, 3.05) is 18.2 Å². The largest absolute Gasteiger partial charge is 0.383 e. The number of para-hydroxylation sites is 1. The molecular formula is C14H12N4O. The fraction of sp³-hybridized carbons (Fsp3) is 0.143. The summed E-state index contributed by atoms with van der Waals surface area (Å²) < 4.78 is 5.34. The molecule has 0 saturated carbocycles. The van der Waals surface area contributed by atoms with Crippen LogP contribution in [0.1, 0.15) is 0 Å². The molecule has 94 valence electrons. The van der Waals surface area contributed by atoms with Gasteiger partial charge in [0.1, 0.15) is 17.5 Å². The zero-order valence-electron chi connectivity index (χ0n) is 10.2. The lowest BCUT2D eigenvalue weighted by Crippen LogP contribution is -2.34. The predicted molar refractivity (Wildman–Crippen MR) is 72.1 cm³/mol. The van der Waals surface area contributed by atoms with Crippen LogP contribution in [0.4, 0.5) is 5.69 Å². The van der Waals surface area contributed by atoms with Gasteiger partial charge in [-0.05, 0) is 18.2 Å². The monoisotopic (exact) mass is 252 g/mol. The van der Waals surface area contributed by atoms with Crippen LogP contribution >= 0.6 is 0 Å². The summed E-state index contributed by atoms with van der Waals surface area (Å²) in [5, 5.41) is 15.4. The van der Waals surface area contributed by atoms with Gasteiger partial charge in [-0.15, -0.1) is 0 Å². The Morgan fingerprint density at radius 2 is 2.11 bits per heavy atom. The third-order valence-electron chi connectivity index (χ3n) is 3.04. The number of anilines is 1. The summed E-state index contributed by atoms with van der Waals surface area (Å²) in [7, 11) is 0. The van der Waals surface area contributed by atoms with E-state index in [2.05, 4.69) is 11.2 Å². The first-order valence-corrected chi connectivity index (χ1v) is 5.92. The minimum Gasteiger partial charge on any atom is -0.383 e. The number of nitrogens with two attached hydrogens (primary N) is 1. The fourth-order valence-electron chi connectivity index (χ4n) is 2.12. The van der Waals surface area contributed by atoms with Crippen LogP contribution in [0.15, 0.2) is 58.5 Å². The average Bonchev–Trinajstić information content (AvgIpc) is 2.47. The van der Waals surface area contributed by atoms with E-state index in [1.807, 2.05) is 36.4 Å². The maximum atomic E-state index is 9.31. The molecule has 0 atom stereocenters. The van der Waals surface area contributed by atoms with Crippen molar-refractivity contribution < 1.29 is 4.74 Å². The summed E-state index contributed by atoms with van der Waals surface area (Å²) in [5.41, 5.74) is 8.87. The van der Waals surface area contributed by atoms with Gasteiger partial charge >= 0.3 is 0 Å². The van der Waals surface area contributed by atoms with Gasteiger partial charge in [-0.3, -0.25) is 0 Å². The molecule has 2 heterocycles. The van der Waals surface area contributed by atoms with E-state index in [4.69, 9.17) is 10.5 Å². The Bertz CT molecular complexity index is 637. The highest BCUT2D eigenvalue weighted by Gasteiger charge is 2.27. The molecule has 2 N–H and O–H groups in total. The molecular weight excluding hydrogens is 240 g/mol. The van der Waals surface area contributed by atoms with Gasteiger partial charge in [-0.2, -0.15) is 10.4 Å². The van der Waals surface area contributed by atoms with Gasteiger partial charge in [-0.1, -0.05) is 18.2 Å². The smallest absolute Gasteiger partial charge is 0.144 e. The van der Waals surface area contributed by atoms with E-state index >= 15 is 0 Å². The van der Waals surface area contributed by atoms with Gasteiger partial charge in [-0.25, -0.2) is 5.01 Å². The Hall–Kier alpha value is -2.58. The van der Waals surface area contributed by atoms with Crippen LogP contribution in [0, 0.1) is 11.3 Å². The first-order chi connectivity index (χ1) is 9.31. The van der Waals surface area contributed by atoms with Crippen LogP contribution in [0.5, 0.6) is 0 Å². The van der Waals surface area contributed by atoms with E-state index in [0.717, 1.165) is 17.0 Å². The first kappa shape index (κ1) is 11.5. The molecule has 0 saturated heterocycles. The molecule has 5 nitrogen and oxygen atoms in total. The summed E-state index contributed by atoms with van der Waals surface area (Å²) in [5.74, 6) is 0.352. The third kappa shape index (κ3) is 1.88. The number of benzene rings is 1. The zero-order chi connectivity index (χ0) is 13.2. The van der Waals surface area contributed by atoms with Crippen molar-refractivity contribution in [3.05, 3.63) is 53.4 Å². The number of allylic oxidation sites excluding steroid dienone is 1. The van der Waals surface area contributed by atoms with E-state index in [1.54, 1.807) is 5.01 Å². The van der Waals surface area contributed by atoms with E-state index in [1.165, 1.54) is 0 Å². The highest BCUT2D eigenvalue weighted by atomic mass is 16.5. The number of fused-ring (bicyclic) bond motifs is 1. The Labute approximate surface area is 110 Å². The van der Waals surface area contributed by atoms with Crippen LogP contribution < -0.4 is 10.7 Å². The van der Waals surface area contributed by atoms with E-state index in [9.17, 15) is 5.26 Å². The van der Waals surface area contributed by atoms with Gasteiger partial charge in [0, 0.05) is 5.57 Å². The molecule has 0 unspecified atom stereocenters. The summed E-state index contributed by atoms with van der Waals surface area (Å²) in [6.45, 7) is 0.881. The number of hydrogen-bond acceptors (Lipinski definition) is 5. The van der Waals surface area contributed by atoms with Gasteiger partial charge in [0.05, 0.1) is 24.6 Å². The van der Waals surface area contributed by atoms with Gasteiger partial charge in [0.2, 0.25) is 0 Å². The van der Waals surface area contributed by atoms with Crippen molar-refractivity contribution in [1.29, 1.82) is 5.26 Å². The quantitative estimate of drug-likeness (QED) is 0.822. The molecule has 0 bridgehead atoms. The van der Waals surface area contributed by atoms with Gasteiger partial charge in [0.25, 0.3) is 0 Å². The molecule has 0 fully saturated rings. The maximum Gasteiger partial charge on any atom is 0.144 e. The second kappa shape index (κ2) is 4.59. The molecule has 3 rings (SSSR count). The van der Waals surface area contributed by atoms with Crippen molar-refractivity contribution in [1.82, 2.24) is 0 Å². The third-order valence-corrected chi connectivity index (χ3v) is 3.04. The molecule has 5 heteroatoms. The number of ether oxygens (including phenoxy) is 1. The second-order valence-corrected chi connectivity index (χ2v) is 4.20. The Morgan fingerprint density at radius 1 is 1.32 bits per heavy atom. The van der Waals surface area contributed by atoms with Crippen molar-refractivity contribution in [2.24, 2.45) is 10.8 Å². The maximum absolute atomic E-state index is 9.31. The number of nitrogens with zero attached hydrogens (tertiary/aromatic N) is 3. The fourth-order valence-corrected chi connectivity index (χ4v) is 2.12. The summed E-state index contributed by atoms with van der Waals surface area (Å²) in [6, 6.07) is 11.7. The first-order valence-electron chi connectivity index (χ1n) is 5.92. The molecule has 2 aliphatic rings. The van der Waals surface area contributed by atoms with Gasteiger partial charge < -0.3 is 10.5 Å². The average molecular weight is 252 g/mol. The Morgan fingerprint density at radius 3 is 2.84 bits per heavy atom.